The van der Waals surface area contributed by atoms with E-state index in [-0.39, 0.29) is 19.0 Å². The Bertz CT molecular complexity index is 440. The molecular weight excluding hydrogens is 242 g/mol. The Hall–Kier alpha value is -1.46. The summed E-state index contributed by atoms with van der Waals surface area (Å²) in [7, 11) is 0. The molecule has 2 rings (SSSR count). The third-order valence-electron chi connectivity index (χ3n) is 2.24. The molecule has 2 N–H and O–H groups in total. The van der Waals surface area contributed by atoms with Crippen LogP contribution in [0.4, 0.5) is 5.82 Å². The van der Waals surface area contributed by atoms with Crippen LogP contribution < -0.4 is 5.32 Å². The zero-order valence-corrected chi connectivity index (χ0v) is 10.4. The minimum atomic E-state index is 0. The first-order chi connectivity index (χ1) is 7.79. The summed E-state index contributed by atoms with van der Waals surface area (Å²) in [5.41, 5.74) is 0.926. The van der Waals surface area contributed by atoms with Crippen molar-refractivity contribution in [1.82, 2.24) is 9.78 Å². The summed E-state index contributed by atoms with van der Waals surface area (Å²) >= 11 is 0. The molecule has 0 spiro atoms. The van der Waals surface area contributed by atoms with E-state index in [0.29, 0.717) is 13.1 Å². The van der Waals surface area contributed by atoms with Gasteiger partial charge in [0.25, 0.3) is 0 Å². The van der Waals surface area contributed by atoms with Gasteiger partial charge in [0.15, 0.2) is 0 Å². The van der Waals surface area contributed by atoms with Crippen LogP contribution in [-0.4, -0.2) is 21.5 Å². The van der Waals surface area contributed by atoms with Crippen molar-refractivity contribution >= 4 is 18.2 Å². The SMILES string of the molecule is Cc1cc(NCc2ccco2)n(CCO)n1.Cl. The lowest BCUT2D eigenvalue weighted by Gasteiger charge is -2.06. The Labute approximate surface area is 106 Å². The topological polar surface area (TPSA) is 63.2 Å². The van der Waals surface area contributed by atoms with E-state index in [0.717, 1.165) is 17.3 Å². The second-order valence-electron chi connectivity index (χ2n) is 3.55. The summed E-state index contributed by atoms with van der Waals surface area (Å²) in [5, 5.41) is 16.4. The highest BCUT2D eigenvalue weighted by molar-refractivity contribution is 5.85. The van der Waals surface area contributed by atoms with E-state index < -0.39 is 0 Å². The molecule has 17 heavy (non-hydrogen) atoms. The Morgan fingerprint density at radius 2 is 2.35 bits per heavy atom. The van der Waals surface area contributed by atoms with Crippen molar-refractivity contribution in [2.45, 2.75) is 20.0 Å². The number of hydrogen-bond donors (Lipinski definition) is 2. The van der Waals surface area contributed by atoms with E-state index in [1.807, 2.05) is 25.1 Å². The first kappa shape index (κ1) is 13.6. The molecule has 0 fully saturated rings. The Balaban J connectivity index is 0.00000144. The normalized spacial score (nSPS) is 10.0. The molecule has 6 heteroatoms. The van der Waals surface area contributed by atoms with Crippen LogP contribution in [-0.2, 0) is 13.1 Å². The summed E-state index contributed by atoms with van der Waals surface area (Å²) in [5.74, 6) is 1.76. The van der Waals surface area contributed by atoms with Gasteiger partial charge in [0.1, 0.15) is 11.6 Å². The molecule has 94 valence electrons. The van der Waals surface area contributed by atoms with Crippen molar-refractivity contribution < 1.29 is 9.52 Å². The zero-order valence-electron chi connectivity index (χ0n) is 9.59. The molecule has 0 bridgehead atoms. The molecule has 0 aliphatic carbocycles. The van der Waals surface area contributed by atoms with Gasteiger partial charge in [0.2, 0.25) is 0 Å². The van der Waals surface area contributed by atoms with E-state index in [2.05, 4.69) is 10.4 Å². The van der Waals surface area contributed by atoms with E-state index in [1.54, 1.807) is 10.9 Å². The summed E-state index contributed by atoms with van der Waals surface area (Å²) < 4.78 is 6.97. The monoisotopic (exact) mass is 257 g/mol. The van der Waals surface area contributed by atoms with E-state index in [9.17, 15) is 0 Å². The summed E-state index contributed by atoms with van der Waals surface area (Å²) in [6, 6.07) is 5.71. The van der Waals surface area contributed by atoms with Crippen LogP contribution in [0.5, 0.6) is 0 Å². The molecule has 0 atom stereocenters. The zero-order chi connectivity index (χ0) is 11.4. The largest absolute Gasteiger partial charge is 0.467 e. The van der Waals surface area contributed by atoms with Gasteiger partial charge in [-0.3, -0.25) is 0 Å². The number of nitrogens with one attached hydrogen (secondary N) is 1. The van der Waals surface area contributed by atoms with Crippen LogP contribution in [0, 0.1) is 6.92 Å². The molecular formula is C11H16ClN3O2. The molecule has 0 saturated heterocycles. The number of aliphatic hydroxyl groups excluding tert-OH is 1. The lowest BCUT2D eigenvalue weighted by atomic mass is 10.4. The van der Waals surface area contributed by atoms with Gasteiger partial charge in [-0.1, -0.05) is 0 Å². The summed E-state index contributed by atoms with van der Waals surface area (Å²) in [4.78, 5) is 0. The maximum absolute atomic E-state index is 8.90. The van der Waals surface area contributed by atoms with Gasteiger partial charge < -0.3 is 14.8 Å². The van der Waals surface area contributed by atoms with Crippen molar-refractivity contribution in [1.29, 1.82) is 0 Å². The van der Waals surface area contributed by atoms with Gasteiger partial charge in [-0.15, -0.1) is 12.4 Å². The number of aliphatic hydroxyl groups is 1. The molecule has 0 aliphatic rings. The van der Waals surface area contributed by atoms with Crippen LogP contribution in [0.1, 0.15) is 11.5 Å². The van der Waals surface area contributed by atoms with Gasteiger partial charge in [-0.25, -0.2) is 4.68 Å². The Kier molecular flexibility index (Phi) is 5.06. The predicted molar refractivity (Wildman–Crippen MR) is 67.3 cm³/mol. The fraction of sp³-hybridized carbons (Fsp3) is 0.364. The summed E-state index contributed by atoms with van der Waals surface area (Å²) in [6.45, 7) is 3.11. The van der Waals surface area contributed by atoms with Crippen molar-refractivity contribution in [2.75, 3.05) is 11.9 Å². The van der Waals surface area contributed by atoms with Crippen LogP contribution in [0.15, 0.2) is 28.9 Å². The lowest BCUT2D eigenvalue weighted by molar-refractivity contribution is 0.270. The van der Waals surface area contributed by atoms with Gasteiger partial charge in [-0.2, -0.15) is 5.10 Å². The quantitative estimate of drug-likeness (QED) is 0.858. The molecule has 0 aromatic carbocycles. The maximum atomic E-state index is 8.90. The van der Waals surface area contributed by atoms with E-state index in [1.165, 1.54) is 0 Å². The first-order valence-electron chi connectivity index (χ1n) is 5.21. The molecule has 0 aliphatic heterocycles. The number of rotatable bonds is 5. The minimum absolute atomic E-state index is 0. The van der Waals surface area contributed by atoms with Crippen molar-refractivity contribution in [3.63, 3.8) is 0 Å². The maximum Gasteiger partial charge on any atom is 0.124 e. The third-order valence-corrected chi connectivity index (χ3v) is 2.24. The number of aryl methyl sites for hydroxylation is 1. The van der Waals surface area contributed by atoms with Crippen molar-refractivity contribution in [3.8, 4) is 0 Å². The highest BCUT2D eigenvalue weighted by atomic mass is 35.5. The number of aromatic nitrogens is 2. The second kappa shape index (κ2) is 6.32. The van der Waals surface area contributed by atoms with Gasteiger partial charge >= 0.3 is 0 Å². The van der Waals surface area contributed by atoms with Crippen LogP contribution in [0.3, 0.4) is 0 Å². The van der Waals surface area contributed by atoms with Crippen LogP contribution in [0.2, 0.25) is 0 Å². The molecule has 2 aromatic rings. The number of halogens is 1. The number of furan rings is 1. The first-order valence-corrected chi connectivity index (χ1v) is 5.21. The summed E-state index contributed by atoms with van der Waals surface area (Å²) in [6.07, 6.45) is 1.65. The van der Waals surface area contributed by atoms with Gasteiger partial charge in [0.05, 0.1) is 31.7 Å². The standard InChI is InChI=1S/C11H15N3O2.ClH/c1-9-7-11(14(13-9)4-5-15)12-8-10-3-2-6-16-10;/h2-3,6-7,12,15H,4-5,8H2,1H3;1H. The average Bonchev–Trinajstić information content (AvgIpc) is 2.86. The minimum Gasteiger partial charge on any atom is -0.467 e. The number of hydrogen-bond acceptors (Lipinski definition) is 4. The van der Waals surface area contributed by atoms with Gasteiger partial charge in [0, 0.05) is 6.07 Å². The molecule has 5 nitrogen and oxygen atoms in total. The number of nitrogens with zero attached hydrogens (tertiary/aromatic N) is 2. The Morgan fingerprint density at radius 3 is 3.00 bits per heavy atom. The molecule has 0 amide bonds. The van der Waals surface area contributed by atoms with E-state index >= 15 is 0 Å². The average molecular weight is 258 g/mol. The highest BCUT2D eigenvalue weighted by Gasteiger charge is 2.04. The van der Waals surface area contributed by atoms with E-state index in [4.69, 9.17) is 9.52 Å². The molecule has 0 saturated carbocycles. The molecule has 0 unspecified atom stereocenters. The fourth-order valence-corrected chi connectivity index (χ4v) is 1.54. The third kappa shape index (κ3) is 3.51. The van der Waals surface area contributed by atoms with Crippen molar-refractivity contribution in [3.05, 3.63) is 35.9 Å². The second-order valence-corrected chi connectivity index (χ2v) is 3.55. The van der Waals surface area contributed by atoms with Crippen LogP contribution in [0.25, 0.3) is 0 Å². The molecule has 2 heterocycles. The van der Waals surface area contributed by atoms with Crippen LogP contribution >= 0.6 is 12.4 Å². The highest BCUT2D eigenvalue weighted by Crippen LogP contribution is 2.11. The smallest absolute Gasteiger partial charge is 0.124 e. The molecule has 0 radical (unpaired) electrons. The predicted octanol–water partition coefficient (Wildman–Crippen LogP) is 1.81. The lowest BCUT2D eigenvalue weighted by Crippen LogP contribution is -2.09. The van der Waals surface area contributed by atoms with Gasteiger partial charge in [-0.05, 0) is 19.1 Å². The van der Waals surface area contributed by atoms with Crippen molar-refractivity contribution in [2.24, 2.45) is 0 Å². The number of anilines is 1. The molecule has 2 aromatic heterocycles. The Morgan fingerprint density at radius 1 is 1.53 bits per heavy atom. The fourth-order valence-electron chi connectivity index (χ4n) is 1.54.